The lowest BCUT2D eigenvalue weighted by molar-refractivity contribution is 0.558. The van der Waals surface area contributed by atoms with Crippen LogP contribution in [0, 0.1) is 5.82 Å². The van der Waals surface area contributed by atoms with E-state index in [1.807, 2.05) is 18.2 Å². The van der Waals surface area contributed by atoms with Crippen molar-refractivity contribution >= 4 is 49.0 Å². The number of rotatable bonds is 7. The highest BCUT2D eigenvalue weighted by molar-refractivity contribution is 9.10. The van der Waals surface area contributed by atoms with Gasteiger partial charge >= 0.3 is 0 Å². The van der Waals surface area contributed by atoms with E-state index in [0.717, 1.165) is 11.6 Å². The minimum absolute atomic E-state index is 0.0321. The molecular weight excluding hydrogens is 509 g/mol. The van der Waals surface area contributed by atoms with Gasteiger partial charge in [-0.3, -0.25) is 0 Å². The molecule has 2 heterocycles. The maximum Gasteiger partial charge on any atom is 0.243 e. The molecule has 7 nitrogen and oxygen atoms in total. The van der Waals surface area contributed by atoms with Crippen molar-refractivity contribution < 1.29 is 12.8 Å². The maximum absolute atomic E-state index is 13.8. The monoisotopic (exact) mass is 523 g/mol. The van der Waals surface area contributed by atoms with Gasteiger partial charge in [0.1, 0.15) is 16.5 Å². The number of nitrogens with one attached hydrogen (secondary N) is 2. The molecule has 0 amide bonds. The van der Waals surface area contributed by atoms with Crippen molar-refractivity contribution in [3.8, 4) is 11.3 Å². The van der Waals surface area contributed by atoms with Gasteiger partial charge in [0.25, 0.3) is 0 Å². The van der Waals surface area contributed by atoms with Crippen LogP contribution in [-0.4, -0.2) is 36.1 Å². The standard InChI is InChI=1S/C20H16BrClFN5O2S/c21-14-12-25-28-19(11-17(27-20(14)28)13-5-1-2-6-15(13)22)24-9-10-26-31(29,30)18-8-4-3-7-16(18)23/h1-8,11-12,24,26H,9-10H2. The lowest BCUT2D eigenvalue weighted by Gasteiger charge is -2.12. The Kier molecular flexibility index (Phi) is 6.24. The normalized spacial score (nSPS) is 11.7. The lowest BCUT2D eigenvalue weighted by Crippen LogP contribution is -2.29. The molecule has 4 aromatic rings. The van der Waals surface area contributed by atoms with Crippen LogP contribution in [-0.2, 0) is 10.0 Å². The van der Waals surface area contributed by atoms with Gasteiger partial charge in [-0.15, -0.1) is 0 Å². The molecule has 0 spiro atoms. The topological polar surface area (TPSA) is 88.4 Å². The molecule has 0 atom stereocenters. The third-order valence-electron chi connectivity index (χ3n) is 4.43. The average Bonchev–Trinajstić information content (AvgIpc) is 3.12. The first-order valence-corrected chi connectivity index (χ1v) is 11.8. The predicted molar refractivity (Wildman–Crippen MR) is 121 cm³/mol. The summed E-state index contributed by atoms with van der Waals surface area (Å²) in [5.74, 6) is -0.208. The number of benzene rings is 2. The first kappa shape index (κ1) is 21.7. The van der Waals surface area contributed by atoms with Crippen LogP contribution >= 0.6 is 27.5 Å². The molecule has 0 fully saturated rings. The number of nitrogens with zero attached hydrogens (tertiary/aromatic N) is 3. The van der Waals surface area contributed by atoms with Gasteiger partial charge in [0.15, 0.2) is 5.65 Å². The molecule has 31 heavy (non-hydrogen) atoms. The summed E-state index contributed by atoms with van der Waals surface area (Å²) in [6.07, 6.45) is 1.62. The van der Waals surface area contributed by atoms with Gasteiger partial charge in [-0.2, -0.15) is 9.61 Å². The van der Waals surface area contributed by atoms with Crippen molar-refractivity contribution in [1.29, 1.82) is 0 Å². The molecule has 2 N–H and O–H groups in total. The zero-order valence-corrected chi connectivity index (χ0v) is 19.0. The summed E-state index contributed by atoms with van der Waals surface area (Å²) < 4.78 is 43.1. The van der Waals surface area contributed by atoms with E-state index in [2.05, 4.69) is 36.1 Å². The zero-order chi connectivity index (χ0) is 22.0. The summed E-state index contributed by atoms with van der Waals surface area (Å²) in [5, 5.41) is 7.99. The lowest BCUT2D eigenvalue weighted by atomic mass is 10.1. The second kappa shape index (κ2) is 8.91. The average molecular weight is 525 g/mol. The first-order chi connectivity index (χ1) is 14.9. The Morgan fingerprint density at radius 3 is 2.61 bits per heavy atom. The Morgan fingerprint density at radius 2 is 1.84 bits per heavy atom. The highest BCUT2D eigenvalue weighted by Gasteiger charge is 2.18. The smallest absolute Gasteiger partial charge is 0.243 e. The molecule has 160 valence electrons. The van der Waals surface area contributed by atoms with Gasteiger partial charge in [0.05, 0.1) is 16.4 Å². The Labute approximate surface area is 191 Å². The third kappa shape index (κ3) is 4.57. The largest absolute Gasteiger partial charge is 0.369 e. The van der Waals surface area contributed by atoms with Gasteiger partial charge in [-0.05, 0) is 34.1 Å². The van der Waals surface area contributed by atoms with E-state index >= 15 is 0 Å². The molecule has 0 radical (unpaired) electrons. The van der Waals surface area contributed by atoms with Crippen LogP contribution in [0.2, 0.25) is 5.02 Å². The predicted octanol–water partition coefficient (Wildman–Crippen LogP) is 4.34. The van der Waals surface area contributed by atoms with Crippen LogP contribution < -0.4 is 10.0 Å². The molecule has 0 aliphatic rings. The molecule has 4 rings (SSSR count). The van der Waals surface area contributed by atoms with E-state index < -0.39 is 20.7 Å². The van der Waals surface area contributed by atoms with Crippen molar-refractivity contribution in [3.63, 3.8) is 0 Å². The number of anilines is 1. The van der Waals surface area contributed by atoms with Gasteiger partial charge in [-0.25, -0.2) is 22.5 Å². The van der Waals surface area contributed by atoms with Gasteiger partial charge in [0.2, 0.25) is 10.0 Å². The van der Waals surface area contributed by atoms with Crippen molar-refractivity contribution in [1.82, 2.24) is 19.3 Å². The SMILES string of the molecule is O=S(=O)(NCCNc1cc(-c2ccccc2Cl)nc2c(Br)cnn12)c1ccccc1F. The fourth-order valence-corrected chi connectivity index (χ4v) is 4.67. The fourth-order valence-electron chi connectivity index (χ4n) is 2.99. The Hall–Kier alpha value is -2.53. The van der Waals surface area contributed by atoms with Crippen molar-refractivity contribution in [2.75, 3.05) is 18.4 Å². The Morgan fingerprint density at radius 1 is 1.10 bits per heavy atom. The van der Waals surface area contributed by atoms with E-state index in [1.54, 1.807) is 22.8 Å². The van der Waals surface area contributed by atoms with Gasteiger partial charge in [-0.1, -0.05) is 41.9 Å². The van der Waals surface area contributed by atoms with Crippen LogP contribution in [0.5, 0.6) is 0 Å². The summed E-state index contributed by atoms with van der Waals surface area (Å²) in [6.45, 7) is 0.261. The molecule has 0 bridgehead atoms. The number of fused-ring (bicyclic) bond motifs is 1. The van der Waals surface area contributed by atoms with E-state index in [-0.39, 0.29) is 13.1 Å². The molecule has 0 saturated carbocycles. The van der Waals surface area contributed by atoms with Crippen molar-refractivity contribution in [3.05, 3.63) is 76.1 Å². The van der Waals surface area contributed by atoms with Crippen LogP contribution in [0.1, 0.15) is 0 Å². The Bertz CT molecular complexity index is 1360. The van der Waals surface area contributed by atoms with Gasteiger partial charge < -0.3 is 5.32 Å². The second-order valence-electron chi connectivity index (χ2n) is 6.49. The highest BCUT2D eigenvalue weighted by atomic mass is 79.9. The molecule has 0 unspecified atom stereocenters. The van der Waals surface area contributed by atoms with Gasteiger partial charge in [0, 0.05) is 29.7 Å². The van der Waals surface area contributed by atoms with Crippen molar-refractivity contribution in [2.45, 2.75) is 4.90 Å². The summed E-state index contributed by atoms with van der Waals surface area (Å²) >= 11 is 9.76. The first-order valence-electron chi connectivity index (χ1n) is 9.14. The number of aromatic nitrogens is 3. The number of hydrogen-bond acceptors (Lipinski definition) is 5. The van der Waals surface area contributed by atoms with E-state index in [4.69, 9.17) is 11.6 Å². The third-order valence-corrected chi connectivity index (χ3v) is 6.81. The number of hydrogen-bond donors (Lipinski definition) is 2. The Balaban J connectivity index is 1.55. The molecule has 2 aromatic heterocycles. The van der Waals surface area contributed by atoms with Crippen LogP contribution in [0.15, 0.2) is 70.2 Å². The fraction of sp³-hybridized carbons (Fsp3) is 0.100. The zero-order valence-electron chi connectivity index (χ0n) is 15.9. The summed E-state index contributed by atoms with van der Waals surface area (Å²) in [6, 6.07) is 14.3. The van der Waals surface area contributed by atoms with Crippen LogP contribution in [0.3, 0.4) is 0 Å². The molecule has 11 heteroatoms. The van der Waals surface area contributed by atoms with E-state index in [1.165, 1.54) is 18.2 Å². The molecular formula is C20H16BrClFN5O2S. The minimum atomic E-state index is -3.97. The quantitative estimate of drug-likeness (QED) is 0.351. The number of halogens is 3. The molecule has 2 aromatic carbocycles. The van der Waals surface area contributed by atoms with E-state index in [0.29, 0.717) is 26.7 Å². The molecule has 0 saturated heterocycles. The summed E-state index contributed by atoms with van der Waals surface area (Å²) in [5.41, 5.74) is 1.96. The summed E-state index contributed by atoms with van der Waals surface area (Å²) in [7, 11) is -3.97. The number of sulfonamides is 1. The molecule has 0 aliphatic heterocycles. The van der Waals surface area contributed by atoms with Crippen LogP contribution in [0.25, 0.3) is 16.9 Å². The minimum Gasteiger partial charge on any atom is -0.369 e. The maximum atomic E-state index is 13.8. The van der Waals surface area contributed by atoms with E-state index in [9.17, 15) is 12.8 Å². The van der Waals surface area contributed by atoms with Crippen LogP contribution in [0.4, 0.5) is 10.2 Å². The van der Waals surface area contributed by atoms with Crippen molar-refractivity contribution in [2.24, 2.45) is 0 Å². The summed E-state index contributed by atoms with van der Waals surface area (Å²) in [4.78, 5) is 4.23. The molecule has 0 aliphatic carbocycles. The highest BCUT2D eigenvalue weighted by Crippen LogP contribution is 2.30. The second-order valence-corrected chi connectivity index (χ2v) is 9.49.